The summed E-state index contributed by atoms with van der Waals surface area (Å²) in [6.07, 6.45) is 14.5. The molecule has 0 aliphatic rings. The standard InChI is InChI=1S/C25H48N6S/c1-19(2)10-7-11-20(3)12-8-13-21(4)14-9-15-22(5)16-17-32-18-24(27-23(6)26)25-28-30-31-29-25/h16,19-21,24H,7-15,17-18H2,1-6H3,(H2,26,27)(H,28,29,30,31)/b22-16+. The number of hydrogen-bond donors (Lipinski definition) is 2. The predicted molar refractivity (Wildman–Crippen MR) is 140 cm³/mol. The van der Waals surface area contributed by atoms with Crippen LogP contribution in [0.1, 0.15) is 111 Å². The lowest BCUT2D eigenvalue weighted by molar-refractivity contribution is 0.389. The summed E-state index contributed by atoms with van der Waals surface area (Å²) in [6.45, 7) is 13.6. The SMILES string of the molecule is CC(N)=NC(CSC/C=C(\C)CCCC(C)CCCC(C)CCCC(C)C)c1nn[nH]n1. The van der Waals surface area contributed by atoms with Gasteiger partial charge in [-0.3, -0.25) is 4.99 Å². The molecule has 32 heavy (non-hydrogen) atoms. The summed E-state index contributed by atoms with van der Waals surface area (Å²) in [7, 11) is 0. The van der Waals surface area contributed by atoms with Gasteiger partial charge in [-0.2, -0.15) is 17.0 Å². The van der Waals surface area contributed by atoms with Crippen molar-refractivity contribution in [1.29, 1.82) is 0 Å². The number of nitrogens with two attached hydrogens (primary N) is 1. The van der Waals surface area contributed by atoms with E-state index in [9.17, 15) is 0 Å². The molecule has 0 bridgehead atoms. The topological polar surface area (TPSA) is 92.8 Å². The van der Waals surface area contributed by atoms with Crippen LogP contribution in [0.5, 0.6) is 0 Å². The van der Waals surface area contributed by atoms with Gasteiger partial charge in [0, 0.05) is 11.5 Å². The van der Waals surface area contributed by atoms with E-state index in [-0.39, 0.29) is 6.04 Å². The molecular weight excluding hydrogens is 416 g/mol. The quantitative estimate of drug-likeness (QED) is 0.109. The second-order valence-corrected chi connectivity index (χ2v) is 11.1. The van der Waals surface area contributed by atoms with E-state index in [1.54, 1.807) is 6.92 Å². The van der Waals surface area contributed by atoms with Gasteiger partial charge in [-0.05, 0) is 44.4 Å². The van der Waals surface area contributed by atoms with Crippen LogP contribution in [0.15, 0.2) is 16.6 Å². The van der Waals surface area contributed by atoms with Crippen LogP contribution in [0, 0.1) is 17.8 Å². The molecule has 0 fully saturated rings. The molecule has 0 saturated carbocycles. The third-order valence-electron chi connectivity index (χ3n) is 5.98. The van der Waals surface area contributed by atoms with Gasteiger partial charge < -0.3 is 5.73 Å². The van der Waals surface area contributed by atoms with Crippen LogP contribution in [-0.2, 0) is 0 Å². The molecule has 3 unspecified atom stereocenters. The zero-order valence-corrected chi connectivity index (χ0v) is 22.3. The van der Waals surface area contributed by atoms with Crippen LogP contribution in [0.4, 0.5) is 0 Å². The minimum atomic E-state index is -0.142. The molecule has 7 heteroatoms. The summed E-state index contributed by atoms with van der Waals surface area (Å²) in [6, 6.07) is -0.142. The Balaban J connectivity index is 2.15. The number of aromatic nitrogens is 4. The van der Waals surface area contributed by atoms with Crippen LogP contribution in [0.3, 0.4) is 0 Å². The molecule has 0 aromatic carbocycles. The van der Waals surface area contributed by atoms with Gasteiger partial charge in [-0.15, -0.1) is 10.2 Å². The number of nitrogens with zero attached hydrogens (tertiary/aromatic N) is 4. The summed E-state index contributed by atoms with van der Waals surface area (Å²) in [5.74, 6) is 5.50. The number of rotatable bonds is 18. The Kier molecular flexibility index (Phi) is 15.4. The molecule has 0 radical (unpaired) electrons. The second kappa shape index (κ2) is 17.2. The fraction of sp³-hybridized carbons (Fsp3) is 0.840. The Morgan fingerprint density at radius 2 is 1.62 bits per heavy atom. The molecular formula is C25H48N6S. The van der Waals surface area contributed by atoms with Crippen LogP contribution < -0.4 is 5.73 Å². The second-order valence-electron chi connectivity index (χ2n) is 10.0. The largest absolute Gasteiger partial charge is 0.388 e. The monoisotopic (exact) mass is 464 g/mol. The van der Waals surface area contributed by atoms with Crippen molar-refractivity contribution in [2.45, 2.75) is 105 Å². The molecule has 1 aromatic heterocycles. The average Bonchev–Trinajstić information content (AvgIpc) is 3.24. The smallest absolute Gasteiger partial charge is 0.199 e. The van der Waals surface area contributed by atoms with E-state index in [1.165, 1.54) is 63.4 Å². The average molecular weight is 465 g/mol. The number of aliphatic imine (C=N–C) groups is 1. The molecule has 3 atom stereocenters. The van der Waals surface area contributed by atoms with Gasteiger partial charge in [-0.25, -0.2) is 0 Å². The van der Waals surface area contributed by atoms with Gasteiger partial charge in [0.15, 0.2) is 5.82 Å². The van der Waals surface area contributed by atoms with E-state index < -0.39 is 0 Å². The summed E-state index contributed by atoms with van der Waals surface area (Å²) in [4.78, 5) is 4.43. The lowest BCUT2D eigenvalue weighted by Gasteiger charge is -2.15. The molecule has 1 rings (SSSR count). The van der Waals surface area contributed by atoms with Crippen molar-refractivity contribution in [2.75, 3.05) is 11.5 Å². The summed E-state index contributed by atoms with van der Waals surface area (Å²) < 4.78 is 0. The van der Waals surface area contributed by atoms with Crippen molar-refractivity contribution in [1.82, 2.24) is 20.6 Å². The van der Waals surface area contributed by atoms with Crippen LogP contribution in [0.2, 0.25) is 0 Å². The fourth-order valence-corrected chi connectivity index (χ4v) is 4.90. The zero-order valence-electron chi connectivity index (χ0n) is 21.4. The lowest BCUT2D eigenvalue weighted by Crippen LogP contribution is -2.11. The lowest BCUT2D eigenvalue weighted by atomic mass is 9.91. The first kappa shape index (κ1) is 28.7. The first-order valence-electron chi connectivity index (χ1n) is 12.5. The highest BCUT2D eigenvalue weighted by molar-refractivity contribution is 7.99. The molecule has 0 spiro atoms. The molecule has 0 saturated heterocycles. The number of allylic oxidation sites excluding steroid dienone is 1. The van der Waals surface area contributed by atoms with Crippen LogP contribution >= 0.6 is 11.8 Å². The van der Waals surface area contributed by atoms with E-state index in [4.69, 9.17) is 5.73 Å². The highest BCUT2D eigenvalue weighted by Gasteiger charge is 2.15. The molecule has 1 aromatic rings. The predicted octanol–water partition coefficient (Wildman–Crippen LogP) is 6.74. The number of nitrogens with one attached hydrogen (secondary N) is 1. The normalized spacial score (nSPS) is 15.8. The Labute approximate surface area is 201 Å². The van der Waals surface area contributed by atoms with Gasteiger partial charge in [0.2, 0.25) is 0 Å². The fourth-order valence-electron chi connectivity index (χ4n) is 3.92. The van der Waals surface area contributed by atoms with Crippen molar-refractivity contribution in [3.8, 4) is 0 Å². The van der Waals surface area contributed by atoms with E-state index in [2.05, 4.69) is 66.3 Å². The van der Waals surface area contributed by atoms with E-state index >= 15 is 0 Å². The number of tetrazole rings is 1. The van der Waals surface area contributed by atoms with Crippen molar-refractivity contribution in [3.63, 3.8) is 0 Å². The first-order valence-corrected chi connectivity index (χ1v) is 13.7. The first-order chi connectivity index (χ1) is 15.3. The maximum atomic E-state index is 5.75. The van der Waals surface area contributed by atoms with Crippen molar-refractivity contribution >= 4 is 17.6 Å². The molecule has 3 N–H and O–H groups in total. The molecule has 6 nitrogen and oxygen atoms in total. The van der Waals surface area contributed by atoms with E-state index in [0.29, 0.717) is 11.7 Å². The highest BCUT2D eigenvalue weighted by atomic mass is 32.2. The van der Waals surface area contributed by atoms with Gasteiger partial charge >= 0.3 is 0 Å². The number of thioether (sulfide) groups is 1. The number of hydrogen-bond acceptors (Lipinski definition) is 5. The van der Waals surface area contributed by atoms with Gasteiger partial charge in [0.05, 0.1) is 5.84 Å². The van der Waals surface area contributed by atoms with Gasteiger partial charge in [0.1, 0.15) is 6.04 Å². The minimum Gasteiger partial charge on any atom is -0.388 e. The molecule has 0 amide bonds. The maximum absolute atomic E-state index is 5.75. The van der Waals surface area contributed by atoms with Crippen LogP contribution in [-0.4, -0.2) is 38.0 Å². The Morgan fingerprint density at radius 3 is 2.19 bits per heavy atom. The van der Waals surface area contributed by atoms with Crippen molar-refractivity contribution < 1.29 is 0 Å². The van der Waals surface area contributed by atoms with Crippen molar-refractivity contribution in [2.24, 2.45) is 28.5 Å². The summed E-state index contributed by atoms with van der Waals surface area (Å²) in [5.41, 5.74) is 7.23. The highest BCUT2D eigenvalue weighted by Crippen LogP contribution is 2.23. The molecule has 0 aliphatic carbocycles. The summed E-state index contributed by atoms with van der Waals surface area (Å²) >= 11 is 1.83. The Bertz CT molecular complexity index is 637. The number of H-pyrrole nitrogens is 1. The molecule has 0 aliphatic heterocycles. The number of amidine groups is 1. The number of aromatic amines is 1. The van der Waals surface area contributed by atoms with Crippen molar-refractivity contribution in [3.05, 3.63) is 17.5 Å². The summed E-state index contributed by atoms with van der Waals surface area (Å²) in [5, 5.41) is 14.2. The zero-order chi connectivity index (χ0) is 23.8. The third kappa shape index (κ3) is 14.6. The Hall–Kier alpha value is -1.37. The minimum absolute atomic E-state index is 0.142. The van der Waals surface area contributed by atoms with Crippen LogP contribution in [0.25, 0.3) is 0 Å². The van der Waals surface area contributed by atoms with Gasteiger partial charge in [-0.1, -0.05) is 89.5 Å². The molecule has 1 heterocycles. The third-order valence-corrected chi connectivity index (χ3v) is 6.94. The van der Waals surface area contributed by atoms with Gasteiger partial charge in [0.25, 0.3) is 0 Å². The van der Waals surface area contributed by atoms with E-state index in [0.717, 1.165) is 29.3 Å². The Morgan fingerprint density at radius 1 is 1.00 bits per heavy atom. The maximum Gasteiger partial charge on any atom is 0.199 e. The van der Waals surface area contributed by atoms with E-state index in [1.807, 2.05) is 11.8 Å². The molecule has 184 valence electrons.